The molecule has 0 saturated carbocycles. The van der Waals surface area contributed by atoms with E-state index in [1.807, 2.05) is 6.92 Å². The van der Waals surface area contributed by atoms with Crippen LogP contribution in [0.2, 0.25) is 0 Å². The molecule has 3 N–H and O–H groups in total. The molecule has 2 aliphatic heterocycles. The molecule has 37 heavy (non-hydrogen) atoms. The Kier molecular flexibility index (Phi) is 6.13. The SMILES string of the molecule is C[C@H]1COc2c(-c3nc(NC4CCN(S(C)(=O)=O)C[C@H]4O)ncc3F)cc(F)c3nc(C(C)(C)O)n1c23. The van der Waals surface area contributed by atoms with Gasteiger partial charge in [0.05, 0.1) is 36.2 Å². The van der Waals surface area contributed by atoms with E-state index in [1.165, 1.54) is 4.31 Å². The van der Waals surface area contributed by atoms with Gasteiger partial charge in [0.15, 0.2) is 17.4 Å². The normalized spacial score (nSPS) is 22.8. The number of nitrogens with one attached hydrogen (secondary N) is 1. The van der Waals surface area contributed by atoms with Crippen LogP contribution in [0.5, 0.6) is 5.75 Å². The lowest BCUT2D eigenvalue weighted by Crippen LogP contribution is -2.51. The van der Waals surface area contributed by atoms with Crippen molar-refractivity contribution in [1.29, 1.82) is 0 Å². The van der Waals surface area contributed by atoms with Crippen LogP contribution in [-0.4, -0.2) is 80.6 Å². The second kappa shape index (κ2) is 8.82. The molecule has 0 radical (unpaired) electrons. The van der Waals surface area contributed by atoms with E-state index in [0.717, 1.165) is 18.5 Å². The van der Waals surface area contributed by atoms with Gasteiger partial charge in [-0.05, 0) is 33.3 Å². The minimum absolute atomic E-state index is 0.00371. The monoisotopic (exact) mass is 538 g/mol. The molecule has 0 bridgehead atoms. The number of aliphatic hydroxyl groups excluding tert-OH is 1. The smallest absolute Gasteiger partial charge is 0.223 e. The van der Waals surface area contributed by atoms with Crippen molar-refractivity contribution in [3.8, 4) is 17.0 Å². The van der Waals surface area contributed by atoms with E-state index in [0.29, 0.717) is 5.52 Å². The van der Waals surface area contributed by atoms with Gasteiger partial charge in [-0.1, -0.05) is 0 Å². The van der Waals surface area contributed by atoms with Crippen LogP contribution in [0, 0.1) is 11.6 Å². The Morgan fingerprint density at radius 2 is 1.97 bits per heavy atom. The van der Waals surface area contributed by atoms with Crippen molar-refractivity contribution in [1.82, 2.24) is 23.8 Å². The zero-order valence-electron chi connectivity index (χ0n) is 20.7. The number of aromatic nitrogens is 4. The lowest BCUT2D eigenvalue weighted by atomic mass is 10.0. The second-order valence-corrected chi connectivity index (χ2v) is 12.1. The van der Waals surface area contributed by atoms with E-state index in [9.17, 15) is 18.6 Å². The molecule has 1 fully saturated rings. The lowest BCUT2D eigenvalue weighted by Gasteiger charge is -2.34. The highest BCUT2D eigenvalue weighted by Gasteiger charge is 2.35. The Bertz CT molecular complexity index is 1490. The fourth-order valence-corrected chi connectivity index (χ4v) is 5.69. The van der Waals surface area contributed by atoms with Gasteiger partial charge in [0.25, 0.3) is 0 Å². The highest BCUT2D eigenvalue weighted by atomic mass is 32.2. The third-order valence-corrected chi connectivity index (χ3v) is 7.92. The maximum atomic E-state index is 15.3. The zero-order chi connectivity index (χ0) is 26.9. The predicted octanol–water partition coefficient (Wildman–Crippen LogP) is 1.76. The first-order valence-corrected chi connectivity index (χ1v) is 13.6. The fourth-order valence-electron chi connectivity index (χ4n) is 4.83. The Balaban J connectivity index is 1.55. The first kappa shape index (κ1) is 25.7. The third kappa shape index (κ3) is 4.51. The Morgan fingerprint density at radius 1 is 1.24 bits per heavy atom. The number of hydrogen-bond acceptors (Lipinski definition) is 9. The summed E-state index contributed by atoms with van der Waals surface area (Å²) in [5, 5.41) is 24.1. The molecule has 2 aliphatic rings. The minimum Gasteiger partial charge on any atom is -0.488 e. The van der Waals surface area contributed by atoms with Crippen molar-refractivity contribution >= 4 is 27.0 Å². The van der Waals surface area contributed by atoms with Crippen molar-refractivity contribution in [2.75, 3.05) is 31.3 Å². The molecule has 0 aliphatic carbocycles. The summed E-state index contributed by atoms with van der Waals surface area (Å²) in [6.45, 7) is 5.22. The number of halogens is 2. The van der Waals surface area contributed by atoms with Gasteiger partial charge in [-0.2, -0.15) is 4.31 Å². The molecule has 0 amide bonds. The summed E-state index contributed by atoms with van der Waals surface area (Å²) in [4.78, 5) is 12.5. The number of piperidine rings is 1. The van der Waals surface area contributed by atoms with Gasteiger partial charge in [0, 0.05) is 13.1 Å². The molecule has 1 unspecified atom stereocenters. The van der Waals surface area contributed by atoms with E-state index in [2.05, 4.69) is 20.3 Å². The second-order valence-electron chi connectivity index (χ2n) is 10.1. The molecule has 14 heteroatoms. The topological polar surface area (TPSA) is 143 Å². The van der Waals surface area contributed by atoms with Gasteiger partial charge in [-0.3, -0.25) is 0 Å². The van der Waals surface area contributed by atoms with Crippen LogP contribution in [0.25, 0.3) is 22.3 Å². The van der Waals surface area contributed by atoms with Crippen LogP contribution < -0.4 is 10.1 Å². The van der Waals surface area contributed by atoms with E-state index in [-0.39, 0.29) is 66.5 Å². The third-order valence-electron chi connectivity index (χ3n) is 6.65. The number of benzene rings is 1. The molecule has 11 nitrogen and oxygen atoms in total. The molecule has 3 atom stereocenters. The first-order valence-electron chi connectivity index (χ1n) is 11.8. The van der Waals surface area contributed by atoms with Crippen molar-refractivity contribution in [2.45, 2.75) is 51.0 Å². The Labute approximate surface area is 212 Å². The maximum Gasteiger partial charge on any atom is 0.223 e. The standard InChI is InChI=1S/C23H28F2N6O5S/c1-11-10-36-20-12(7-13(24)18-19(20)31(11)21(28-18)23(2,3)33)17-14(25)8-26-22(29-17)27-15-5-6-30(9-16(15)32)37(4,34)35/h7-8,11,15-16,32-33H,5-6,9-10H2,1-4H3,(H,26,27,29)/t11-,15?,16+/m0/s1. The summed E-state index contributed by atoms with van der Waals surface area (Å²) in [6, 6.07) is 0.246. The molecular weight excluding hydrogens is 510 g/mol. The largest absolute Gasteiger partial charge is 0.488 e. The number of nitrogens with zero attached hydrogens (tertiary/aromatic N) is 5. The molecular formula is C23H28F2N6O5S. The maximum absolute atomic E-state index is 15.3. The average Bonchev–Trinajstić information content (AvgIpc) is 3.23. The van der Waals surface area contributed by atoms with Crippen molar-refractivity contribution in [3.63, 3.8) is 0 Å². The summed E-state index contributed by atoms with van der Waals surface area (Å²) in [5.74, 6) is -1.12. The van der Waals surface area contributed by atoms with Crippen LogP contribution in [0.3, 0.4) is 0 Å². The molecule has 3 aromatic rings. The van der Waals surface area contributed by atoms with Crippen LogP contribution in [0.4, 0.5) is 14.7 Å². The quantitative estimate of drug-likeness (QED) is 0.443. The lowest BCUT2D eigenvalue weighted by molar-refractivity contribution is 0.0616. The van der Waals surface area contributed by atoms with Crippen LogP contribution in [-0.2, 0) is 15.6 Å². The van der Waals surface area contributed by atoms with Gasteiger partial charge in [-0.25, -0.2) is 32.2 Å². The van der Waals surface area contributed by atoms with Gasteiger partial charge >= 0.3 is 0 Å². The number of ether oxygens (including phenoxy) is 1. The Hall–Kier alpha value is -2.94. The molecule has 1 saturated heterocycles. The van der Waals surface area contributed by atoms with E-state index in [4.69, 9.17) is 4.74 Å². The number of hydrogen-bond donors (Lipinski definition) is 3. The highest BCUT2D eigenvalue weighted by Crippen LogP contribution is 2.44. The highest BCUT2D eigenvalue weighted by molar-refractivity contribution is 7.88. The van der Waals surface area contributed by atoms with Gasteiger partial charge < -0.3 is 24.8 Å². The number of anilines is 1. The zero-order valence-corrected chi connectivity index (χ0v) is 21.6. The van der Waals surface area contributed by atoms with Gasteiger partial charge in [0.2, 0.25) is 16.0 Å². The van der Waals surface area contributed by atoms with E-state index < -0.39 is 39.4 Å². The summed E-state index contributed by atoms with van der Waals surface area (Å²) in [5.41, 5.74) is -1.24. The van der Waals surface area contributed by atoms with Crippen LogP contribution >= 0.6 is 0 Å². The molecule has 200 valence electrons. The summed E-state index contributed by atoms with van der Waals surface area (Å²) in [7, 11) is -3.45. The molecule has 4 heterocycles. The number of sulfonamides is 1. The summed E-state index contributed by atoms with van der Waals surface area (Å²) < 4.78 is 62.7. The average molecular weight is 539 g/mol. The first-order chi connectivity index (χ1) is 17.3. The number of imidazole rings is 1. The van der Waals surface area contributed by atoms with Crippen molar-refractivity contribution in [3.05, 3.63) is 29.7 Å². The Morgan fingerprint density at radius 3 is 2.62 bits per heavy atom. The minimum atomic E-state index is -3.45. The van der Waals surface area contributed by atoms with Gasteiger partial charge in [0.1, 0.15) is 34.8 Å². The van der Waals surface area contributed by atoms with Crippen molar-refractivity contribution in [2.24, 2.45) is 0 Å². The fraction of sp³-hybridized carbons (Fsp3) is 0.522. The van der Waals surface area contributed by atoms with Crippen LogP contribution in [0.15, 0.2) is 12.3 Å². The van der Waals surface area contributed by atoms with Crippen molar-refractivity contribution < 1.29 is 32.1 Å². The van der Waals surface area contributed by atoms with Crippen LogP contribution in [0.1, 0.15) is 39.1 Å². The van der Waals surface area contributed by atoms with E-state index >= 15 is 8.78 Å². The summed E-state index contributed by atoms with van der Waals surface area (Å²) >= 11 is 0. The number of β-amino-alcohol motifs (C(OH)–C–C–N with tert-alkyl or cyclic N) is 1. The summed E-state index contributed by atoms with van der Waals surface area (Å²) in [6.07, 6.45) is 1.23. The molecule has 2 aromatic heterocycles. The molecule has 5 rings (SSSR count). The molecule has 1 aromatic carbocycles. The predicted molar refractivity (Wildman–Crippen MR) is 131 cm³/mol. The molecule has 0 spiro atoms. The number of aliphatic hydroxyl groups is 2. The number of rotatable bonds is 5. The van der Waals surface area contributed by atoms with E-state index in [1.54, 1.807) is 18.4 Å². The van der Waals surface area contributed by atoms with Gasteiger partial charge in [-0.15, -0.1) is 0 Å².